The van der Waals surface area contributed by atoms with Crippen LogP contribution in [0.3, 0.4) is 0 Å². The molecular formula is C45H38N2. The lowest BCUT2D eigenvalue weighted by molar-refractivity contribution is 0.195. The number of rotatable bonds is 2. The Hall–Kier alpha value is -4.95. The number of pyridine rings is 1. The molecule has 2 unspecified atom stereocenters. The third kappa shape index (κ3) is 3.28. The first-order valence-electron chi connectivity index (χ1n) is 17.3. The van der Waals surface area contributed by atoms with Crippen LogP contribution in [0.2, 0.25) is 0 Å². The van der Waals surface area contributed by atoms with E-state index in [-0.39, 0.29) is 16.4 Å². The summed E-state index contributed by atoms with van der Waals surface area (Å²) in [6, 6.07) is 46.3. The first-order chi connectivity index (χ1) is 22.9. The zero-order valence-electron chi connectivity index (χ0n) is 27.3. The van der Waals surface area contributed by atoms with Crippen molar-refractivity contribution in [1.82, 2.24) is 4.98 Å². The standard InChI is InChI=1S/C45H38N2/c1-29-26-32(22-25-46-29)47-42-21-19-31(28-41(42)43(2)23-10-11-24-44(43,47)3)30-18-20-36-35-14-6-9-17-39(35)45(40(36)27-30)37-15-7-4-12-33(37)34-13-5-8-16-38(34)45/h4-9,12-22,25-28H,10-11,23-24H2,1-3H3. The summed E-state index contributed by atoms with van der Waals surface area (Å²) < 4.78 is 0. The maximum atomic E-state index is 4.54. The van der Waals surface area contributed by atoms with Crippen LogP contribution in [0.1, 0.15) is 73.0 Å². The summed E-state index contributed by atoms with van der Waals surface area (Å²) in [5.41, 5.74) is 18.5. The van der Waals surface area contributed by atoms with Gasteiger partial charge in [-0.3, -0.25) is 4.98 Å². The largest absolute Gasteiger partial charge is 0.334 e. The van der Waals surface area contributed by atoms with Gasteiger partial charge in [-0.2, -0.15) is 0 Å². The Morgan fingerprint density at radius 1 is 0.553 bits per heavy atom. The molecule has 5 aromatic carbocycles. The normalized spacial score (nSPS) is 22.3. The fraction of sp³-hybridized carbons (Fsp3) is 0.222. The summed E-state index contributed by atoms with van der Waals surface area (Å²) >= 11 is 0. The smallest absolute Gasteiger partial charge is 0.0725 e. The number of aryl methyl sites for hydroxylation is 1. The fourth-order valence-corrected chi connectivity index (χ4v) is 10.3. The van der Waals surface area contributed by atoms with Gasteiger partial charge in [-0.1, -0.05) is 111 Å². The highest BCUT2D eigenvalue weighted by atomic mass is 15.3. The second kappa shape index (κ2) is 9.32. The predicted octanol–water partition coefficient (Wildman–Crippen LogP) is 11.1. The molecule has 228 valence electrons. The van der Waals surface area contributed by atoms with Crippen LogP contribution in [0, 0.1) is 6.92 Å². The van der Waals surface area contributed by atoms with E-state index in [1.165, 1.54) is 98.3 Å². The lowest BCUT2D eigenvalue weighted by Crippen LogP contribution is -2.54. The maximum absolute atomic E-state index is 4.54. The molecule has 1 fully saturated rings. The van der Waals surface area contributed by atoms with Crippen molar-refractivity contribution in [2.75, 3.05) is 4.90 Å². The molecule has 0 N–H and O–H groups in total. The Morgan fingerprint density at radius 2 is 1.11 bits per heavy atom. The molecule has 47 heavy (non-hydrogen) atoms. The highest BCUT2D eigenvalue weighted by molar-refractivity contribution is 5.96. The Balaban J connectivity index is 1.19. The van der Waals surface area contributed by atoms with Crippen molar-refractivity contribution in [3.05, 3.63) is 161 Å². The first-order valence-corrected chi connectivity index (χ1v) is 17.3. The maximum Gasteiger partial charge on any atom is 0.0725 e. The summed E-state index contributed by atoms with van der Waals surface area (Å²) in [6.07, 6.45) is 6.91. The van der Waals surface area contributed by atoms with Gasteiger partial charge in [0.2, 0.25) is 0 Å². The van der Waals surface area contributed by atoms with Crippen LogP contribution in [-0.4, -0.2) is 10.5 Å². The molecule has 1 aliphatic heterocycles. The van der Waals surface area contributed by atoms with Crippen molar-refractivity contribution in [3.8, 4) is 33.4 Å². The molecule has 1 saturated carbocycles. The summed E-state index contributed by atoms with van der Waals surface area (Å²) in [5, 5.41) is 0. The molecule has 2 heterocycles. The van der Waals surface area contributed by atoms with E-state index in [0.717, 1.165) is 5.69 Å². The van der Waals surface area contributed by atoms with E-state index in [0.29, 0.717) is 0 Å². The molecule has 0 amide bonds. The van der Waals surface area contributed by atoms with Gasteiger partial charge in [0.1, 0.15) is 0 Å². The van der Waals surface area contributed by atoms with Crippen molar-refractivity contribution in [2.45, 2.75) is 62.8 Å². The molecule has 1 aromatic heterocycles. The summed E-state index contributed by atoms with van der Waals surface area (Å²) in [6.45, 7) is 7.14. The van der Waals surface area contributed by atoms with Crippen LogP contribution in [-0.2, 0) is 10.8 Å². The van der Waals surface area contributed by atoms with Gasteiger partial charge in [-0.25, -0.2) is 0 Å². The second-order valence-electron chi connectivity index (χ2n) is 14.7. The van der Waals surface area contributed by atoms with Gasteiger partial charge >= 0.3 is 0 Å². The van der Waals surface area contributed by atoms with Gasteiger partial charge in [0.15, 0.2) is 0 Å². The highest BCUT2D eigenvalue weighted by Gasteiger charge is 2.58. The summed E-state index contributed by atoms with van der Waals surface area (Å²) in [7, 11) is 0. The monoisotopic (exact) mass is 606 g/mol. The summed E-state index contributed by atoms with van der Waals surface area (Å²) in [4.78, 5) is 7.19. The summed E-state index contributed by atoms with van der Waals surface area (Å²) in [5.74, 6) is 0. The molecule has 2 heteroatoms. The second-order valence-corrected chi connectivity index (χ2v) is 14.7. The number of benzene rings is 5. The average Bonchev–Trinajstić information content (AvgIpc) is 3.65. The van der Waals surface area contributed by atoms with Crippen molar-refractivity contribution in [1.29, 1.82) is 0 Å². The van der Waals surface area contributed by atoms with Crippen LogP contribution in [0.25, 0.3) is 33.4 Å². The Morgan fingerprint density at radius 3 is 1.74 bits per heavy atom. The van der Waals surface area contributed by atoms with Gasteiger partial charge in [0.05, 0.1) is 11.0 Å². The molecule has 4 aliphatic rings. The number of nitrogens with zero attached hydrogens (tertiary/aromatic N) is 2. The van der Waals surface area contributed by atoms with E-state index in [1.54, 1.807) is 0 Å². The van der Waals surface area contributed by atoms with Gasteiger partial charge in [0, 0.05) is 28.7 Å². The average molecular weight is 607 g/mol. The fourth-order valence-electron chi connectivity index (χ4n) is 10.3. The number of anilines is 2. The third-order valence-corrected chi connectivity index (χ3v) is 12.6. The van der Waals surface area contributed by atoms with Crippen molar-refractivity contribution >= 4 is 11.4 Å². The van der Waals surface area contributed by atoms with Crippen molar-refractivity contribution in [2.24, 2.45) is 0 Å². The first kappa shape index (κ1) is 27.2. The lowest BCUT2D eigenvalue weighted by Gasteiger charge is -2.50. The van der Waals surface area contributed by atoms with Crippen LogP contribution < -0.4 is 4.90 Å². The number of fused-ring (bicyclic) bond motifs is 13. The molecule has 2 atom stereocenters. The minimum atomic E-state index is -0.324. The molecule has 6 aromatic rings. The van der Waals surface area contributed by atoms with E-state index < -0.39 is 0 Å². The molecule has 2 nitrogen and oxygen atoms in total. The van der Waals surface area contributed by atoms with Crippen molar-refractivity contribution in [3.63, 3.8) is 0 Å². The van der Waals surface area contributed by atoms with Crippen LogP contribution in [0.15, 0.2) is 128 Å². The minimum absolute atomic E-state index is 0.0148. The quantitative estimate of drug-likeness (QED) is 0.195. The molecular weight excluding hydrogens is 569 g/mol. The Bertz CT molecular complexity index is 2220. The van der Waals surface area contributed by atoms with E-state index in [9.17, 15) is 0 Å². The minimum Gasteiger partial charge on any atom is -0.334 e. The third-order valence-electron chi connectivity index (χ3n) is 12.6. The van der Waals surface area contributed by atoms with Gasteiger partial charge in [-0.15, -0.1) is 0 Å². The highest BCUT2D eigenvalue weighted by Crippen LogP contribution is 2.64. The number of hydrogen-bond donors (Lipinski definition) is 0. The van der Waals surface area contributed by atoms with Gasteiger partial charge < -0.3 is 4.90 Å². The van der Waals surface area contributed by atoms with Crippen LogP contribution in [0.5, 0.6) is 0 Å². The molecule has 3 aliphatic carbocycles. The Labute approximate surface area is 277 Å². The Kier molecular flexibility index (Phi) is 5.39. The predicted molar refractivity (Wildman–Crippen MR) is 194 cm³/mol. The van der Waals surface area contributed by atoms with E-state index in [4.69, 9.17) is 0 Å². The molecule has 1 spiro atoms. The lowest BCUT2D eigenvalue weighted by atomic mass is 9.61. The number of aromatic nitrogens is 1. The van der Waals surface area contributed by atoms with Crippen LogP contribution in [0.4, 0.5) is 11.4 Å². The van der Waals surface area contributed by atoms with E-state index in [2.05, 4.69) is 152 Å². The molecule has 0 bridgehead atoms. The SMILES string of the molecule is Cc1cc(N2c3ccc(-c4ccc5c(c4)C4(c6ccccc6-c6ccccc64)c4ccccc4-5)cc3C3(C)CCCCC23C)ccn1. The topological polar surface area (TPSA) is 16.1 Å². The van der Waals surface area contributed by atoms with Crippen LogP contribution >= 0.6 is 0 Å². The molecule has 0 radical (unpaired) electrons. The molecule has 0 saturated heterocycles. The molecule has 10 rings (SSSR count). The number of hydrogen-bond acceptors (Lipinski definition) is 2. The van der Waals surface area contributed by atoms with Gasteiger partial charge in [0.25, 0.3) is 0 Å². The van der Waals surface area contributed by atoms with Crippen molar-refractivity contribution < 1.29 is 0 Å². The zero-order valence-corrected chi connectivity index (χ0v) is 27.3. The van der Waals surface area contributed by atoms with E-state index >= 15 is 0 Å². The van der Waals surface area contributed by atoms with Gasteiger partial charge in [-0.05, 0) is 118 Å². The zero-order chi connectivity index (χ0) is 31.5. The van der Waals surface area contributed by atoms with E-state index in [1.807, 2.05) is 6.20 Å².